The van der Waals surface area contributed by atoms with E-state index in [1.807, 2.05) is 11.8 Å². The molecule has 120 valence electrons. The number of nitrogens with zero attached hydrogens (tertiary/aromatic N) is 2. The summed E-state index contributed by atoms with van der Waals surface area (Å²) in [6.45, 7) is 6.26. The van der Waals surface area contributed by atoms with Crippen molar-refractivity contribution < 1.29 is 14.7 Å². The van der Waals surface area contributed by atoms with Gasteiger partial charge in [-0.05, 0) is 52.4 Å². The fourth-order valence-electron chi connectivity index (χ4n) is 3.90. The van der Waals surface area contributed by atoms with E-state index in [4.69, 9.17) is 0 Å². The van der Waals surface area contributed by atoms with Crippen LogP contribution in [0.4, 0.5) is 4.79 Å². The van der Waals surface area contributed by atoms with E-state index < -0.39 is 11.5 Å². The summed E-state index contributed by atoms with van der Waals surface area (Å²) in [5, 5.41) is 9.40. The van der Waals surface area contributed by atoms with Gasteiger partial charge in [0.2, 0.25) is 0 Å². The van der Waals surface area contributed by atoms with Crippen molar-refractivity contribution in [3.05, 3.63) is 0 Å². The summed E-state index contributed by atoms with van der Waals surface area (Å²) in [4.78, 5) is 27.8. The molecule has 1 aliphatic heterocycles. The van der Waals surface area contributed by atoms with E-state index in [-0.39, 0.29) is 6.03 Å². The van der Waals surface area contributed by atoms with Gasteiger partial charge >= 0.3 is 12.0 Å². The van der Waals surface area contributed by atoms with E-state index in [2.05, 4.69) is 0 Å². The molecule has 0 radical (unpaired) electrons. The largest absolute Gasteiger partial charge is 0.480 e. The van der Waals surface area contributed by atoms with Crippen LogP contribution in [0.5, 0.6) is 0 Å². The number of hydrogen-bond donors (Lipinski definition) is 1. The lowest BCUT2D eigenvalue weighted by molar-refractivity contribution is -0.147. The predicted octanol–water partition coefficient (Wildman–Crippen LogP) is 2.95. The Morgan fingerprint density at radius 3 is 2.33 bits per heavy atom. The van der Waals surface area contributed by atoms with Gasteiger partial charge in [-0.3, -0.25) is 0 Å². The van der Waals surface area contributed by atoms with Crippen molar-refractivity contribution in [1.82, 2.24) is 9.80 Å². The molecule has 1 saturated carbocycles. The lowest BCUT2D eigenvalue weighted by atomic mass is 9.96. The molecule has 2 aliphatic rings. The maximum Gasteiger partial charge on any atom is 0.329 e. The van der Waals surface area contributed by atoms with Gasteiger partial charge in [-0.15, -0.1) is 0 Å². The maximum atomic E-state index is 12.9. The van der Waals surface area contributed by atoms with Crippen LogP contribution in [0.25, 0.3) is 0 Å². The van der Waals surface area contributed by atoms with Crippen molar-refractivity contribution >= 4 is 12.0 Å². The molecule has 0 bridgehead atoms. The van der Waals surface area contributed by atoms with Crippen molar-refractivity contribution in [1.29, 1.82) is 0 Å². The third-order valence-corrected chi connectivity index (χ3v) is 5.23. The number of likely N-dealkylation sites (tertiary alicyclic amines) is 1. The van der Waals surface area contributed by atoms with E-state index in [9.17, 15) is 14.7 Å². The van der Waals surface area contributed by atoms with Gasteiger partial charge in [0.25, 0.3) is 0 Å². The Morgan fingerprint density at radius 1 is 1.19 bits per heavy atom. The van der Waals surface area contributed by atoms with E-state index in [1.165, 1.54) is 30.6 Å². The summed E-state index contributed by atoms with van der Waals surface area (Å²) in [7, 11) is 0. The Hall–Kier alpha value is -1.26. The highest BCUT2D eigenvalue weighted by Gasteiger charge is 2.43. The standard InChI is InChI=1S/C16H28N2O3/c1-4-18(16(2,3)14(19)20)15(21)17-11-7-10-13(17)12-8-5-6-9-12/h12-13H,4-11H2,1-3H3,(H,19,20). The first-order valence-electron chi connectivity index (χ1n) is 8.21. The third kappa shape index (κ3) is 3.01. The highest BCUT2D eigenvalue weighted by atomic mass is 16.4. The van der Waals surface area contributed by atoms with Crippen LogP contribution in [-0.4, -0.2) is 51.6 Å². The Kier molecular flexibility index (Phi) is 4.79. The first kappa shape index (κ1) is 16.1. The van der Waals surface area contributed by atoms with Crippen LogP contribution in [0.3, 0.4) is 0 Å². The SMILES string of the molecule is CCN(C(=O)N1CCCC1C1CCCC1)C(C)(C)C(=O)O. The quantitative estimate of drug-likeness (QED) is 0.867. The van der Waals surface area contributed by atoms with Crippen LogP contribution in [0, 0.1) is 5.92 Å². The number of rotatable bonds is 4. The molecule has 1 aliphatic carbocycles. The molecule has 1 saturated heterocycles. The van der Waals surface area contributed by atoms with Gasteiger partial charge < -0.3 is 14.9 Å². The molecule has 5 heteroatoms. The van der Waals surface area contributed by atoms with Crippen LogP contribution in [0.15, 0.2) is 0 Å². The smallest absolute Gasteiger partial charge is 0.329 e. The van der Waals surface area contributed by atoms with Gasteiger partial charge in [-0.2, -0.15) is 0 Å². The molecule has 1 heterocycles. The van der Waals surface area contributed by atoms with Crippen LogP contribution in [0.1, 0.15) is 59.3 Å². The fraction of sp³-hybridized carbons (Fsp3) is 0.875. The van der Waals surface area contributed by atoms with Crippen molar-refractivity contribution in [2.24, 2.45) is 5.92 Å². The number of likely N-dealkylation sites (N-methyl/N-ethyl adjacent to an activating group) is 1. The van der Waals surface area contributed by atoms with Gasteiger partial charge in [0.05, 0.1) is 0 Å². The summed E-state index contributed by atoms with van der Waals surface area (Å²) < 4.78 is 0. The number of carboxylic acids is 1. The molecular weight excluding hydrogens is 268 g/mol. The second-order valence-corrected chi connectivity index (χ2v) is 6.84. The average molecular weight is 296 g/mol. The van der Waals surface area contributed by atoms with E-state index in [0.29, 0.717) is 18.5 Å². The van der Waals surface area contributed by atoms with Gasteiger partial charge in [0.1, 0.15) is 5.54 Å². The minimum Gasteiger partial charge on any atom is -0.480 e. The normalized spacial score (nSPS) is 23.6. The number of carbonyl (C=O) groups is 2. The van der Waals surface area contributed by atoms with Crippen molar-refractivity contribution in [3.8, 4) is 0 Å². The second kappa shape index (κ2) is 6.24. The van der Waals surface area contributed by atoms with Gasteiger partial charge in [-0.1, -0.05) is 12.8 Å². The molecule has 2 fully saturated rings. The molecule has 5 nitrogen and oxygen atoms in total. The van der Waals surface area contributed by atoms with Gasteiger partial charge in [0, 0.05) is 19.1 Å². The lowest BCUT2D eigenvalue weighted by Crippen LogP contribution is -2.58. The summed E-state index contributed by atoms with van der Waals surface area (Å²) >= 11 is 0. The summed E-state index contributed by atoms with van der Waals surface area (Å²) in [5.41, 5.74) is -1.16. The highest BCUT2D eigenvalue weighted by Crippen LogP contribution is 2.36. The average Bonchev–Trinajstić information content (AvgIpc) is 3.09. The first-order chi connectivity index (χ1) is 9.89. The molecule has 1 unspecified atom stereocenters. The minimum atomic E-state index is -1.16. The topological polar surface area (TPSA) is 60.9 Å². The number of carboxylic acid groups (broad SMARTS) is 1. The number of aliphatic carboxylic acids is 1. The molecule has 0 aromatic rings. The number of carbonyl (C=O) groups excluding carboxylic acids is 1. The van der Waals surface area contributed by atoms with Gasteiger partial charge in [-0.25, -0.2) is 9.59 Å². The number of amides is 2. The monoisotopic (exact) mass is 296 g/mol. The summed E-state index contributed by atoms with van der Waals surface area (Å²) in [6.07, 6.45) is 7.06. The molecular formula is C16H28N2O3. The first-order valence-corrected chi connectivity index (χ1v) is 8.21. The second-order valence-electron chi connectivity index (χ2n) is 6.84. The molecule has 1 atom stereocenters. The van der Waals surface area contributed by atoms with Crippen LogP contribution in [-0.2, 0) is 4.79 Å². The molecule has 2 amide bonds. The van der Waals surface area contributed by atoms with Gasteiger partial charge in [0.15, 0.2) is 0 Å². The number of urea groups is 1. The molecule has 0 aromatic heterocycles. The van der Waals surface area contributed by atoms with Crippen LogP contribution < -0.4 is 0 Å². The maximum absolute atomic E-state index is 12.9. The zero-order valence-electron chi connectivity index (χ0n) is 13.5. The predicted molar refractivity (Wildman–Crippen MR) is 81.2 cm³/mol. The fourth-order valence-corrected chi connectivity index (χ4v) is 3.90. The third-order valence-electron chi connectivity index (χ3n) is 5.23. The minimum absolute atomic E-state index is 0.0979. The lowest BCUT2D eigenvalue weighted by Gasteiger charge is -2.40. The summed E-state index contributed by atoms with van der Waals surface area (Å²) in [5.74, 6) is -0.336. The molecule has 2 rings (SSSR count). The Morgan fingerprint density at radius 2 is 1.81 bits per heavy atom. The molecule has 21 heavy (non-hydrogen) atoms. The Balaban J connectivity index is 2.14. The molecule has 0 spiro atoms. The molecule has 1 N–H and O–H groups in total. The zero-order valence-corrected chi connectivity index (χ0v) is 13.5. The Bertz CT molecular complexity index is 402. The highest BCUT2D eigenvalue weighted by molar-refractivity contribution is 5.85. The van der Waals surface area contributed by atoms with E-state index >= 15 is 0 Å². The zero-order chi connectivity index (χ0) is 15.6. The number of hydrogen-bond acceptors (Lipinski definition) is 2. The Labute approximate surface area is 127 Å². The van der Waals surface area contributed by atoms with Crippen molar-refractivity contribution in [2.45, 2.75) is 70.9 Å². The van der Waals surface area contributed by atoms with Crippen molar-refractivity contribution in [3.63, 3.8) is 0 Å². The van der Waals surface area contributed by atoms with Crippen LogP contribution in [0.2, 0.25) is 0 Å². The summed E-state index contributed by atoms with van der Waals surface area (Å²) in [6, 6.07) is 0.220. The van der Waals surface area contributed by atoms with Crippen LogP contribution >= 0.6 is 0 Å². The molecule has 0 aromatic carbocycles. The van der Waals surface area contributed by atoms with Crippen molar-refractivity contribution in [2.75, 3.05) is 13.1 Å². The van der Waals surface area contributed by atoms with E-state index in [0.717, 1.165) is 19.4 Å². The van der Waals surface area contributed by atoms with E-state index in [1.54, 1.807) is 13.8 Å².